The quantitative estimate of drug-likeness (QED) is 0.780. The maximum absolute atomic E-state index is 12.5. The van der Waals surface area contributed by atoms with Gasteiger partial charge in [-0.2, -0.15) is 0 Å². The fourth-order valence-electron chi connectivity index (χ4n) is 2.67. The lowest BCUT2D eigenvalue weighted by atomic mass is 10.3. The average molecular weight is 363 g/mol. The maximum Gasteiger partial charge on any atom is 0.237 e. The largest absolute Gasteiger partial charge is 0.324 e. The summed E-state index contributed by atoms with van der Waals surface area (Å²) in [7, 11) is 0. The third-order valence-electron chi connectivity index (χ3n) is 4.33. The van der Waals surface area contributed by atoms with Gasteiger partial charge in [0.2, 0.25) is 5.91 Å². The molecule has 2 aromatic rings. The molecule has 0 spiro atoms. The van der Waals surface area contributed by atoms with Crippen LogP contribution in [0.3, 0.4) is 0 Å². The second-order valence-corrected chi connectivity index (χ2v) is 8.16. The normalized spacial score (nSPS) is 18.4. The van der Waals surface area contributed by atoms with Crippen molar-refractivity contribution in [3.63, 3.8) is 0 Å². The lowest BCUT2D eigenvalue weighted by molar-refractivity contribution is -0.115. The van der Waals surface area contributed by atoms with Gasteiger partial charge in [-0.05, 0) is 44.7 Å². The molecule has 0 aliphatic heterocycles. The van der Waals surface area contributed by atoms with E-state index in [0.29, 0.717) is 22.7 Å². The van der Waals surface area contributed by atoms with Crippen LogP contribution in [-0.4, -0.2) is 25.9 Å². The first-order valence-corrected chi connectivity index (χ1v) is 9.56. The number of carbonyl (C=O) groups is 1. The summed E-state index contributed by atoms with van der Waals surface area (Å²) in [6, 6.07) is 7.78. The first kappa shape index (κ1) is 16.0. The van der Waals surface area contributed by atoms with E-state index >= 15 is 0 Å². The van der Waals surface area contributed by atoms with Crippen molar-refractivity contribution in [3.05, 3.63) is 35.1 Å². The summed E-state index contributed by atoms with van der Waals surface area (Å²) in [5, 5.41) is 12.8. The molecular weight excluding hydrogens is 344 g/mol. The Labute approximate surface area is 150 Å². The highest BCUT2D eigenvalue weighted by molar-refractivity contribution is 8.00. The molecular formula is C17H19ClN4OS. The molecule has 1 amide bonds. The van der Waals surface area contributed by atoms with Crippen LogP contribution in [-0.2, 0) is 4.79 Å². The van der Waals surface area contributed by atoms with Gasteiger partial charge in [0.1, 0.15) is 5.82 Å². The number of hydrogen-bond acceptors (Lipinski definition) is 4. The molecule has 0 radical (unpaired) electrons. The van der Waals surface area contributed by atoms with E-state index < -0.39 is 0 Å². The lowest BCUT2D eigenvalue weighted by Gasteiger charge is -2.14. The standard InChI is InChI=1S/C17H19ClN4OS/c1-10(16(23)19-14-5-3-2-4-13(14)18)24-17-21-20-15(11-6-7-11)22(17)12-8-9-12/h2-5,10-12H,6-9H2,1H3,(H,19,23). The van der Waals surface area contributed by atoms with Crippen LogP contribution in [0.2, 0.25) is 5.02 Å². The van der Waals surface area contributed by atoms with Crippen LogP contribution in [0, 0.1) is 0 Å². The summed E-state index contributed by atoms with van der Waals surface area (Å²) in [6.07, 6.45) is 4.78. The Bertz CT molecular complexity index is 770. The van der Waals surface area contributed by atoms with Crippen LogP contribution >= 0.6 is 23.4 Å². The highest BCUT2D eigenvalue weighted by Crippen LogP contribution is 2.46. The Kier molecular flexibility index (Phi) is 4.26. The van der Waals surface area contributed by atoms with Crippen LogP contribution in [0.5, 0.6) is 0 Å². The van der Waals surface area contributed by atoms with Crippen LogP contribution in [0.25, 0.3) is 0 Å². The number of halogens is 1. The van der Waals surface area contributed by atoms with Gasteiger partial charge in [0.05, 0.1) is 16.0 Å². The number of anilines is 1. The molecule has 2 fully saturated rings. The number of thioether (sulfide) groups is 1. The van der Waals surface area contributed by atoms with E-state index in [4.69, 9.17) is 11.6 Å². The second-order valence-electron chi connectivity index (χ2n) is 6.45. The lowest BCUT2D eigenvalue weighted by Crippen LogP contribution is -2.23. The third kappa shape index (κ3) is 3.30. The first-order chi connectivity index (χ1) is 11.6. The Morgan fingerprint density at radius 3 is 2.71 bits per heavy atom. The van der Waals surface area contributed by atoms with Crippen LogP contribution in [0.1, 0.15) is 50.4 Å². The summed E-state index contributed by atoms with van der Waals surface area (Å²) in [6.45, 7) is 1.89. The van der Waals surface area contributed by atoms with Gasteiger partial charge in [0, 0.05) is 12.0 Å². The van der Waals surface area contributed by atoms with Gasteiger partial charge < -0.3 is 9.88 Å². The maximum atomic E-state index is 12.5. The van der Waals surface area contributed by atoms with Gasteiger partial charge in [-0.15, -0.1) is 10.2 Å². The van der Waals surface area contributed by atoms with E-state index in [2.05, 4.69) is 20.1 Å². The van der Waals surface area contributed by atoms with E-state index in [1.165, 1.54) is 37.4 Å². The number of nitrogens with zero attached hydrogens (tertiary/aromatic N) is 3. The molecule has 2 aliphatic rings. The minimum Gasteiger partial charge on any atom is -0.324 e. The molecule has 7 heteroatoms. The Balaban J connectivity index is 1.47. The molecule has 1 aromatic carbocycles. The summed E-state index contributed by atoms with van der Waals surface area (Å²) >= 11 is 7.58. The van der Waals surface area contributed by atoms with Gasteiger partial charge in [0.15, 0.2) is 5.16 Å². The predicted octanol–water partition coefficient (Wildman–Crippen LogP) is 4.26. The van der Waals surface area contributed by atoms with Crippen LogP contribution in [0.4, 0.5) is 5.69 Å². The number of amides is 1. The van der Waals surface area contributed by atoms with Crippen molar-refractivity contribution in [3.8, 4) is 0 Å². The molecule has 0 bridgehead atoms. The number of nitrogens with one attached hydrogen (secondary N) is 1. The Morgan fingerprint density at radius 1 is 1.29 bits per heavy atom. The molecule has 1 heterocycles. The molecule has 2 aliphatic carbocycles. The Hall–Kier alpha value is -1.53. The summed E-state index contributed by atoms with van der Waals surface area (Å²) in [5.74, 6) is 1.60. The Morgan fingerprint density at radius 2 is 2.04 bits per heavy atom. The molecule has 2 saturated carbocycles. The van der Waals surface area contributed by atoms with Crippen molar-refractivity contribution < 1.29 is 4.79 Å². The zero-order chi connectivity index (χ0) is 16.7. The number of rotatable bonds is 6. The fraction of sp³-hybridized carbons (Fsp3) is 0.471. The highest BCUT2D eigenvalue weighted by Gasteiger charge is 2.37. The minimum absolute atomic E-state index is 0.0774. The molecule has 4 rings (SSSR count). The third-order valence-corrected chi connectivity index (χ3v) is 5.71. The number of hydrogen-bond donors (Lipinski definition) is 1. The van der Waals surface area contributed by atoms with Crippen molar-refractivity contribution in [2.45, 2.75) is 55.0 Å². The summed E-state index contributed by atoms with van der Waals surface area (Å²) in [4.78, 5) is 12.5. The van der Waals surface area contributed by atoms with Crippen LogP contribution < -0.4 is 5.32 Å². The van der Waals surface area contributed by atoms with Gasteiger partial charge in [-0.25, -0.2) is 0 Å². The second kappa shape index (κ2) is 6.41. The van der Waals surface area contributed by atoms with E-state index in [0.717, 1.165) is 11.0 Å². The molecule has 126 valence electrons. The fourth-order valence-corrected chi connectivity index (χ4v) is 3.78. The number of aromatic nitrogens is 3. The molecule has 5 nitrogen and oxygen atoms in total. The van der Waals surface area contributed by atoms with Crippen LogP contribution in [0.15, 0.2) is 29.4 Å². The molecule has 24 heavy (non-hydrogen) atoms. The zero-order valence-electron chi connectivity index (χ0n) is 13.4. The topological polar surface area (TPSA) is 59.8 Å². The number of para-hydroxylation sites is 1. The van der Waals surface area contributed by atoms with Crippen molar-refractivity contribution in [1.29, 1.82) is 0 Å². The molecule has 0 saturated heterocycles. The van der Waals surface area contributed by atoms with E-state index in [1.54, 1.807) is 12.1 Å². The average Bonchev–Trinajstić information content (AvgIpc) is 3.49. The molecule has 1 atom stereocenters. The van der Waals surface area contributed by atoms with Gasteiger partial charge >= 0.3 is 0 Å². The summed E-state index contributed by atoms with van der Waals surface area (Å²) < 4.78 is 2.27. The number of benzene rings is 1. The molecule has 1 aromatic heterocycles. The predicted molar refractivity (Wildman–Crippen MR) is 95.7 cm³/mol. The van der Waals surface area contributed by atoms with Gasteiger partial charge in [0.25, 0.3) is 0 Å². The number of carbonyl (C=O) groups excluding carboxylic acids is 1. The van der Waals surface area contributed by atoms with Crippen molar-refractivity contribution in [2.75, 3.05) is 5.32 Å². The van der Waals surface area contributed by atoms with Gasteiger partial charge in [-0.1, -0.05) is 35.5 Å². The van der Waals surface area contributed by atoms with E-state index in [1.807, 2.05) is 19.1 Å². The van der Waals surface area contributed by atoms with E-state index in [-0.39, 0.29) is 11.2 Å². The highest BCUT2D eigenvalue weighted by atomic mass is 35.5. The minimum atomic E-state index is -0.268. The molecule has 1 N–H and O–H groups in total. The molecule has 1 unspecified atom stereocenters. The first-order valence-electron chi connectivity index (χ1n) is 8.30. The van der Waals surface area contributed by atoms with Crippen molar-refractivity contribution in [2.24, 2.45) is 0 Å². The zero-order valence-corrected chi connectivity index (χ0v) is 15.0. The van der Waals surface area contributed by atoms with Gasteiger partial charge in [-0.3, -0.25) is 4.79 Å². The van der Waals surface area contributed by atoms with Crippen molar-refractivity contribution in [1.82, 2.24) is 14.8 Å². The summed E-state index contributed by atoms with van der Waals surface area (Å²) in [5.41, 5.74) is 0.638. The monoisotopic (exact) mass is 362 g/mol. The van der Waals surface area contributed by atoms with E-state index in [9.17, 15) is 4.79 Å². The smallest absolute Gasteiger partial charge is 0.237 e. The van der Waals surface area contributed by atoms with Crippen molar-refractivity contribution >= 4 is 35.0 Å². The SMILES string of the molecule is CC(Sc1nnc(C2CC2)n1C1CC1)C(=O)Nc1ccccc1Cl.